The molecule has 1 fully saturated rings. The highest BCUT2D eigenvalue weighted by molar-refractivity contribution is 5.77. The number of nitrogens with one attached hydrogen (secondary N) is 2. The summed E-state index contributed by atoms with van der Waals surface area (Å²) in [5, 5.41) is 7.23. The quantitative estimate of drug-likeness (QED) is 0.614. The van der Waals surface area contributed by atoms with E-state index in [-0.39, 0.29) is 11.7 Å². The maximum absolute atomic E-state index is 12.6. The number of pyridine rings is 1. The summed E-state index contributed by atoms with van der Waals surface area (Å²) < 4.78 is 12.5. The van der Waals surface area contributed by atoms with Gasteiger partial charge in [0, 0.05) is 24.3 Å². The summed E-state index contributed by atoms with van der Waals surface area (Å²) in [5.41, 5.74) is 1.47. The van der Waals surface area contributed by atoms with E-state index >= 15 is 0 Å². The van der Waals surface area contributed by atoms with Crippen LogP contribution in [0.2, 0.25) is 0 Å². The zero-order valence-electron chi connectivity index (χ0n) is 17.6. The number of hydrogen-bond acceptors (Lipinski definition) is 7. The Bertz CT molecular complexity index is 1170. The third kappa shape index (κ3) is 4.95. The van der Waals surface area contributed by atoms with Crippen molar-refractivity contribution in [1.29, 1.82) is 0 Å². The van der Waals surface area contributed by atoms with E-state index in [9.17, 15) is 4.79 Å². The fourth-order valence-corrected chi connectivity index (χ4v) is 3.41. The number of aryl methyl sites for hydroxylation is 1. The minimum atomic E-state index is -0.233. The average molecular weight is 419 g/mol. The second-order valence-corrected chi connectivity index (χ2v) is 7.27. The summed E-state index contributed by atoms with van der Waals surface area (Å²) in [5.74, 6) is 4.00. The van der Waals surface area contributed by atoms with Gasteiger partial charge in [0.15, 0.2) is 0 Å². The highest BCUT2D eigenvalue weighted by atomic mass is 16.5. The van der Waals surface area contributed by atoms with Crippen LogP contribution in [0.15, 0.2) is 41.3 Å². The monoisotopic (exact) mass is 419 g/mol. The number of fused-ring (bicyclic) bond motifs is 1. The van der Waals surface area contributed by atoms with Crippen molar-refractivity contribution in [2.45, 2.75) is 25.9 Å². The molecule has 0 saturated carbocycles. The van der Waals surface area contributed by atoms with Gasteiger partial charge in [-0.2, -0.15) is 4.98 Å². The number of nitrogens with zero attached hydrogens (tertiary/aromatic N) is 3. The van der Waals surface area contributed by atoms with Gasteiger partial charge in [-0.1, -0.05) is 0 Å². The van der Waals surface area contributed by atoms with E-state index in [1.165, 1.54) is 4.57 Å². The van der Waals surface area contributed by atoms with Gasteiger partial charge < -0.3 is 20.1 Å². The number of aromatic nitrogens is 3. The summed E-state index contributed by atoms with van der Waals surface area (Å²) in [7, 11) is 1.67. The molecule has 0 amide bonds. The topological polar surface area (TPSA) is 90.3 Å². The smallest absolute Gasteiger partial charge is 0.267 e. The van der Waals surface area contributed by atoms with Gasteiger partial charge in [0.05, 0.1) is 12.2 Å². The zero-order valence-corrected chi connectivity index (χ0v) is 17.6. The summed E-state index contributed by atoms with van der Waals surface area (Å²) in [4.78, 5) is 21.4. The van der Waals surface area contributed by atoms with E-state index in [4.69, 9.17) is 9.47 Å². The second kappa shape index (κ2) is 9.49. The van der Waals surface area contributed by atoms with E-state index in [1.54, 1.807) is 19.3 Å². The Labute approximate surface area is 180 Å². The predicted octanol–water partition coefficient (Wildman–Crippen LogP) is 2.55. The van der Waals surface area contributed by atoms with Crippen molar-refractivity contribution in [3.63, 3.8) is 0 Å². The Kier molecular flexibility index (Phi) is 6.34. The van der Waals surface area contributed by atoms with E-state index in [0.29, 0.717) is 23.8 Å². The molecule has 2 aromatic heterocycles. The summed E-state index contributed by atoms with van der Waals surface area (Å²) in [6.07, 6.45) is 6.49. The zero-order chi connectivity index (χ0) is 21.6. The first-order valence-electron chi connectivity index (χ1n) is 10.4. The minimum absolute atomic E-state index is 0.233. The standard InChI is InChI=1S/C23H25N5O3/c1-3-30-13-10-16-14-17-15-25-23(27-21(17)28(2)22(16)29)26-18-4-6-19(7-5-18)31-20-8-11-24-12-9-20/h4-7,14-15,20,24H,3,8-9,11-12H2,1-2H3,(H,25,26,27). The fraction of sp³-hybridized carbons (Fsp3) is 0.348. The average Bonchev–Trinajstić information content (AvgIpc) is 2.80. The molecule has 0 aliphatic carbocycles. The first-order valence-corrected chi connectivity index (χ1v) is 10.4. The predicted molar refractivity (Wildman–Crippen MR) is 120 cm³/mol. The fourth-order valence-electron chi connectivity index (χ4n) is 3.41. The lowest BCUT2D eigenvalue weighted by Crippen LogP contribution is -2.34. The molecule has 1 aliphatic rings. The van der Waals surface area contributed by atoms with Gasteiger partial charge in [-0.05, 0) is 69.1 Å². The molecule has 31 heavy (non-hydrogen) atoms. The Morgan fingerprint density at radius 3 is 2.77 bits per heavy atom. The van der Waals surface area contributed by atoms with Gasteiger partial charge in [-0.15, -0.1) is 0 Å². The number of hydrogen-bond donors (Lipinski definition) is 2. The molecular formula is C23H25N5O3. The van der Waals surface area contributed by atoms with Crippen LogP contribution in [-0.4, -0.2) is 40.3 Å². The molecule has 3 heterocycles. The highest BCUT2D eigenvalue weighted by Gasteiger charge is 2.14. The van der Waals surface area contributed by atoms with Gasteiger partial charge in [-0.3, -0.25) is 9.36 Å². The van der Waals surface area contributed by atoms with Gasteiger partial charge >= 0.3 is 0 Å². The Morgan fingerprint density at radius 1 is 1.26 bits per heavy atom. The van der Waals surface area contributed by atoms with Crippen molar-refractivity contribution < 1.29 is 9.47 Å². The number of piperidine rings is 1. The normalized spacial score (nSPS) is 14.0. The molecule has 0 spiro atoms. The van der Waals surface area contributed by atoms with Crippen LogP contribution in [0.4, 0.5) is 11.6 Å². The molecule has 4 rings (SSSR count). The third-order valence-corrected chi connectivity index (χ3v) is 5.05. The Hall–Kier alpha value is -3.57. The Balaban J connectivity index is 1.51. The number of benzene rings is 1. The van der Waals surface area contributed by atoms with Crippen LogP contribution in [0.1, 0.15) is 25.3 Å². The van der Waals surface area contributed by atoms with Crippen molar-refractivity contribution >= 4 is 22.7 Å². The number of ether oxygens (including phenoxy) is 2. The molecule has 1 aliphatic heterocycles. The summed E-state index contributed by atoms with van der Waals surface area (Å²) in [6, 6.07) is 9.40. The van der Waals surface area contributed by atoms with Crippen LogP contribution in [-0.2, 0) is 11.8 Å². The molecule has 1 aromatic carbocycles. The highest BCUT2D eigenvalue weighted by Crippen LogP contribution is 2.21. The molecule has 0 radical (unpaired) electrons. The maximum Gasteiger partial charge on any atom is 0.267 e. The largest absolute Gasteiger partial charge is 0.490 e. The molecule has 0 bridgehead atoms. The van der Waals surface area contributed by atoms with Gasteiger partial charge in [0.25, 0.3) is 5.56 Å². The van der Waals surface area contributed by atoms with Crippen LogP contribution in [0.25, 0.3) is 11.0 Å². The van der Waals surface area contributed by atoms with E-state index in [1.807, 2.05) is 31.2 Å². The number of rotatable bonds is 5. The van der Waals surface area contributed by atoms with E-state index in [2.05, 4.69) is 32.6 Å². The first-order chi connectivity index (χ1) is 15.1. The van der Waals surface area contributed by atoms with Crippen LogP contribution in [0.3, 0.4) is 0 Å². The lowest BCUT2D eigenvalue weighted by molar-refractivity contribution is 0.162. The minimum Gasteiger partial charge on any atom is -0.490 e. The van der Waals surface area contributed by atoms with Gasteiger partial charge in [-0.25, -0.2) is 4.98 Å². The van der Waals surface area contributed by atoms with Crippen molar-refractivity contribution in [1.82, 2.24) is 19.9 Å². The summed E-state index contributed by atoms with van der Waals surface area (Å²) in [6.45, 7) is 4.29. The Morgan fingerprint density at radius 2 is 2.03 bits per heavy atom. The summed E-state index contributed by atoms with van der Waals surface area (Å²) >= 11 is 0. The number of anilines is 2. The maximum atomic E-state index is 12.6. The van der Waals surface area contributed by atoms with Crippen LogP contribution in [0.5, 0.6) is 5.75 Å². The molecule has 2 N–H and O–H groups in total. The molecule has 8 nitrogen and oxygen atoms in total. The molecule has 1 saturated heterocycles. The van der Waals surface area contributed by atoms with E-state index in [0.717, 1.165) is 42.8 Å². The van der Waals surface area contributed by atoms with Crippen molar-refractivity contribution in [2.75, 3.05) is 25.0 Å². The third-order valence-electron chi connectivity index (χ3n) is 5.05. The molecule has 0 unspecified atom stereocenters. The van der Waals surface area contributed by atoms with E-state index < -0.39 is 0 Å². The lowest BCUT2D eigenvalue weighted by Gasteiger charge is -2.23. The van der Waals surface area contributed by atoms with Crippen molar-refractivity contribution in [3.05, 3.63) is 52.4 Å². The first kappa shape index (κ1) is 20.7. The van der Waals surface area contributed by atoms with Crippen molar-refractivity contribution in [3.8, 4) is 17.8 Å². The molecule has 3 aromatic rings. The van der Waals surface area contributed by atoms with Gasteiger partial charge in [0.1, 0.15) is 23.6 Å². The van der Waals surface area contributed by atoms with Gasteiger partial charge in [0.2, 0.25) is 5.95 Å². The molecular weight excluding hydrogens is 394 g/mol. The van der Waals surface area contributed by atoms with Crippen LogP contribution in [0, 0.1) is 12.0 Å². The second-order valence-electron chi connectivity index (χ2n) is 7.27. The molecule has 0 atom stereocenters. The lowest BCUT2D eigenvalue weighted by atomic mass is 10.1. The SMILES string of the molecule is CCOC#Cc1cc2cnc(Nc3ccc(OC4CCNCC4)cc3)nc2n(C)c1=O. The van der Waals surface area contributed by atoms with Crippen molar-refractivity contribution in [2.24, 2.45) is 7.05 Å². The molecule has 160 valence electrons. The van der Waals surface area contributed by atoms with Crippen LogP contribution >= 0.6 is 0 Å². The molecule has 8 heteroatoms. The van der Waals surface area contributed by atoms with Crippen LogP contribution < -0.4 is 20.9 Å².